The zero-order valence-corrected chi connectivity index (χ0v) is 16.0. The van der Waals surface area contributed by atoms with E-state index in [2.05, 4.69) is 43.0 Å². The Morgan fingerprint density at radius 1 is 0.964 bits per heavy atom. The second-order valence-corrected chi connectivity index (χ2v) is 6.25. The van der Waals surface area contributed by atoms with Crippen molar-refractivity contribution in [1.29, 1.82) is 10.5 Å². The van der Waals surface area contributed by atoms with Crippen LogP contribution in [0.5, 0.6) is 5.75 Å². The molecule has 2 aromatic rings. The zero-order chi connectivity index (χ0) is 19.9. The molecular formula is C24H21N3O. The van der Waals surface area contributed by atoms with E-state index in [1.165, 1.54) is 5.69 Å². The van der Waals surface area contributed by atoms with E-state index < -0.39 is 0 Å². The Morgan fingerprint density at radius 2 is 1.64 bits per heavy atom. The summed E-state index contributed by atoms with van der Waals surface area (Å²) in [6.07, 6.45) is 5.56. The van der Waals surface area contributed by atoms with Crippen LogP contribution in [0, 0.1) is 22.7 Å². The summed E-state index contributed by atoms with van der Waals surface area (Å²) in [7, 11) is 0. The Balaban J connectivity index is 1.89. The summed E-state index contributed by atoms with van der Waals surface area (Å²) >= 11 is 0. The highest BCUT2D eigenvalue weighted by molar-refractivity contribution is 5.87. The maximum absolute atomic E-state index is 9.29. The summed E-state index contributed by atoms with van der Waals surface area (Å²) in [4.78, 5) is 2.29. The number of benzene rings is 2. The van der Waals surface area contributed by atoms with Gasteiger partial charge in [0.25, 0.3) is 0 Å². The van der Waals surface area contributed by atoms with Crippen LogP contribution in [0.1, 0.15) is 25.0 Å². The lowest BCUT2D eigenvalue weighted by Crippen LogP contribution is -2.21. The Labute approximate surface area is 165 Å². The highest BCUT2D eigenvalue weighted by Crippen LogP contribution is 2.35. The smallest absolute Gasteiger partial charge is 0.137 e. The average molecular weight is 367 g/mol. The molecule has 4 nitrogen and oxygen atoms in total. The van der Waals surface area contributed by atoms with Gasteiger partial charge in [-0.15, -0.1) is 0 Å². The first-order chi connectivity index (χ1) is 13.7. The number of hydrogen-bond acceptors (Lipinski definition) is 4. The molecule has 0 saturated carbocycles. The van der Waals surface area contributed by atoms with E-state index >= 15 is 0 Å². The largest absolute Gasteiger partial charge is 0.457 e. The van der Waals surface area contributed by atoms with Gasteiger partial charge in [-0.3, -0.25) is 0 Å². The van der Waals surface area contributed by atoms with E-state index in [1.807, 2.05) is 48.6 Å². The van der Waals surface area contributed by atoms with E-state index in [4.69, 9.17) is 4.74 Å². The number of para-hydroxylation sites is 1. The normalized spacial score (nSPS) is 12.4. The standard InChI is InChI=1S/C24H21N3O/c1-3-27(4-2)20-12-9-18(10-13-20)11-14-21-15-23(19(16-25)17-26)22-7-5-6-8-24(22)28-21/h5-15H,3-4H2,1-2H3/b14-11+. The highest BCUT2D eigenvalue weighted by Gasteiger charge is 2.18. The van der Waals surface area contributed by atoms with E-state index in [-0.39, 0.29) is 5.57 Å². The SMILES string of the molecule is CCN(CC)c1ccc(/C=C/C2=CC(=C(C#N)C#N)c3ccccc3O2)cc1. The van der Waals surface area contributed by atoms with E-state index in [9.17, 15) is 10.5 Å². The van der Waals surface area contributed by atoms with Crippen molar-refractivity contribution in [1.82, 2.24) is 0 Å². The molecule has 0 fully saturated rings. The molecule has 0 N–H and O–H groups in total. The van der Waals surface area contributed by atoms with E-state index in [0.29, 0.717) is 17.1 Å². The molecular weight excluding hydrogens is 346 g/mol. The van der Waals surface area contributed by atoms with Gasteiger partial charge in [0.05, 0.1) is 0 Å². The lowest BCUT2D eigenvalue weighted by Gasteiger charge is -2.21. The molecule has 0 atom stereocenters. The third-order valence-corrected chi connectivity index (χ3v) is 4.65. The maximum atomic E-state index is 9.29. The summed E-state index contributed by atoms with van der Waals surface area (Å²) in [6, 6.07) is 19.7. The van der Waals surface area contributed by atoms with Gasteiger partial charge in [-0.25, -0.2) is 0 Å². The van der Waals surface area contributed by atoms with Crippen LogP contribution >= 0.6 is 0 Å². The summed E-state index contributed by atoms with van der Waals surface area (Å²) in [5, 5.41) is 18.6. The third-order valence-electron chi connectivity index (χ3n) is 4.65. The van der Waals surface area contributed by atoms with Crippen LogP contribution < -0.4 is 9.64 Å². The molecule has 0 aliphatic carbocycles. The molecule has 0 radical (unpaired) electrons. The molecule has 2 aromatic carbocycles. The molecule has 1 aliphatic heterocycles. The number of allylic oxidation sites excluding steroid dienone is 4. The lowest BCUT2D eigenvalue weighted by atomic mass is 9.97. The molecule has 1 aliphatic rings. The molecule has 0 bridgehead atoms. The van der Waals surface area contributed by atoms with Gasteiger partial charge >= 0.3 is 0 Å². The van der Waals surface area contributed by atoms with Crippen molar-refractivity contribution >= 4 is 17.3 Å². The van der Waals surface area contributed by atoms with Gasteiger partial charge in [-0.05, 0) is 49.8 Å². The summed E-state index contributed by atoms with van der Waals surface area (Å²) in [5.74, 6) is 1.23. The Hall–Kier alpha value is -3.76. The number of hydrogen-bond donors (Lipinski definition) is 0. The van der Waals surface area contributed by atoms with Crippen molar-refractivity contribution < 1.29 is 4.74 Å². The molecule has 0 unspecified atom stereocenters. The Bertz CT molecular complexity index is 1010. The molecule has 3 rings (SSSR count). The lowest BCUT2D eigenvalue weighted by molar-refractivity contribution is 0.439. The Kier molecular flexibility index (Phi) is 5.94. The number of nitriles is 2. The fourth-order valence-electron chi connectivity index (χ4n) is 3.15. The highest BCUT2D eigenvalue weighted by atomic mass is 16.5. The monoisotopic (exact) mass is 367 g/mol. The maximum Gasteiger partial charge on any atom is 0.137 e. The molecule has 28 heavy (non-hydrogen) atoms. The van der Waals surface area contributed by atoms with Crippen LogP contribution in [0.15, 0.2) is 72.0 Å². The van der Waals surface area contributed by atoms with Gasteiger partial charge in [-0.1, -0.05) is 36.4 Å². The minimum Gasteiger partial charge on any atom is -0.457 e. The first-order valence-corrected chi connectivity index (χ1v) is 9.26. The minimum atomic E-state index is 0.0743. The third kappa shape index (κ3) is 3.98. The van der Waals surface area contributed by atoms with Gasteiger partial charge in [0.2, 0.25) is 0 Å². The molecule has 0 saturated heterocycles. The first kappa shape index (κ1) is 19.0. The summed E-state index contributed by atoms with van der Waals surface area (Å²) < 4.78 is 5.93. The molecule has 0 amide bonds. The number of fused-ring (bicyclic) bond motifs is 1. The number of ether oxygens (including phenoxy) is 1. The van der Waals surface area contributed by atoms with Gasteiger partial charge in [0, 0.05) is 29.9 Å². The van der Waals surface area contributed by atoms with Crippen molar-refractivity contribution in [3.8, 4) is 17.9 Å². The number of rotatable bonds is 5. The second-order valence-electron chi connectivity index (χ2n) is 6.25. The van der Waals surface area contributed by atoms with E-state index in [0.717, 1.165) is 24.2 Å². The van der Waals surface area contributed by atoms with Crippen LogP contribution in [-0.2, 0) is 0 Å². The molecule has 4 heteroatoms. The quantitative estimate of drug-likeness (QED) is 0.671. The zero-order valence-electron chi connectivity index (χ0n) is 16.0. The fraction of sp³-hybridized carbons (Fsp3) is 0.167. The average Bonchev–Trinajstić information content (AvgIpc) is 2.75. The van der Waals surface area contributed by atoms with E-state index in [1.54, 1.807) is 6.08 Å². The van der Waals surface area contributed by atoms with Gasteiger partial charge in [0.1, 0.15) is 29.2 Å². The van der Waals surface area contributed by atoms with Crippen molar-refractivity contribution in [2.24, 2.45) is 0 Å². The predicted octanol–water partition coefficient (Wildman–Crippen LogP) is 5.32. The van der Waals surface area contributed by atoms with Gasteiger partial charge in [-0.2, -0.15) is 10.5 Å². The molecule has 1 heterocycles. The van der Waals surface area contributed by atoms with Crippen molar-refractivity contribution in [3.63, 3.8) is 0 Å². The van der Waals surface area contributed by atoms with Crippen molar-refractivity contribution in [3.05, 3.63) is 83.1 Å². The molecule has 0 aromatic heterocycles. The van der Waals surface area contributed by atoms with Crippen molar-refractivity contribution in [2.45, 2.75) is 13.8 Å². The molecule has 138 valence electrons. The fourth-order valence-corrected chi connectivity index (χ4v) is 3.15. The predicted molar refractivity (Wildman–Crippen MR) is 112 cm³/mol. The summed E-state index contributed by atoms with van der Waals surface area (Å²) in [5.41, 5.74) is 3.66. The topological polar surface area (TPSA) is 60.0 Å². The van der Waals surface area contributed by atoms with Gasteiger partial charge in [0.15, 0.2) is 0 Å². The first-order valence-electron chi connectivity index (χ1n) is 9.26. The summed E-state index contributed by atoms with van der Waals surface area (Å²) in [6.45, 7) is 6.23. The van der Waals surface area contributed by atoms with Gasteiger partial charge < -0.3 is 9.64 Å². The van der Waals surface area contributed by atoms with Crippen LogP contribution in [0.3, 0.4) is 0 Å². The Morgan fingerprint density at radius 3 is 2.29 bits per heavy atom. The molecule has 0 spiro atoms. The van der Waals surface area contributed by atoms with Crippen LogP contribution in [0.2, 0.25) is 0 Å². The van der Waals surface area contributed by atoms with Crippen molar-refractivity contribution in [2.75, 3.05) is 18.0 Å². The van der Waals surface area contributed by atoms with Crippen LogP contribution in [-0.4, -0.2) is 13.1 Å². The second kappa shape index (κ2) is 8.75. The number of nitrogens with zero attached hydrogens (tertiary/aromatic N) is 3. The van der Waals surface area contributed by atoms with Crippen LogP contribution in [0.25, 0.3) is 11.6 Å². The number of anilines is 1. The minimum absolute atomic E-state index is 0.0743. The van der Waals surface area contributed by atoms with Crippen LogP contribution in [0.4, 0.5) is 5.69 Å².